The van der Waals surface area contributed by atoms with Crippen LogP contribution in [-0.2, 0) is 9.59 Å². The van der Waals surface area contributed by atoms with Crippen molar-refractivity contribution in [1.82, 2.24) is 10.6 Å². The van der Waals surface area contributed by atoms with E-state index in [4.69, 9.17) is 5.11 Å². The number of amides is 3. The van der Waals surface area contributed by atoms with Crippen LogP contribution in [-0.4, -0.2) is 36.1 Å². The molecule has 0 aliphatic heterocycles. The second-order valence-corrected chi connectivity index (χ2v) is 4.58. The van der Waals surface area contributed by atoms with Crippen molar-refractivity contribution in [3.63, 3.8) is 0 Å². The van der Waals surface area contributed by atoms with E-state index in [0.717, 1.165) is 6.07 Å². The second kappa shape index (κ2) is 7.53. The zero-order valence-electron chi connectivity index (χ0n) is 10.4. The Hall–Kier alpha value is -2.23. The van der Waals surface area contributed by atoms with Crippen LogP contribution in [0.25, 0.3) is 0 Å². The minimum Gasteiger partial charge on any atom is -0.480 e. The van der Waals surface area contributed by atoms with Crippen molar-refractivity contribution in [3.05, 3.63) is 28.2 Å². The number of benzene rings is 1. The first-order valence-corrected chi connectivity index (χ1v) is 6.26. The number of carboxylic acid groups (broad SMARTS) is 1. The van der Waals surface area contributed by atoms with E-state index in [2.05, 4.69) is 26.6 Å². The van der Waals surface area contributed by atoms with E-state index in [1.807, 2.05) is 5.32 Å². The van der Waals surface area contributed by atoms with Crippen molar-refractivity contribution in [1.29, 1.82) is 0 Å². The molecule has 10 heteroatoms. The average molecular weight is 366 g/mol. The molecule has 114 valence electrons. The van der Waals surface area contributed by atoms with Crippen LogP contribution in [0.15, 0.2) is 16.6 Å². The number of carbonyl (C=O) groups excluding carboxylic acids is 2. The lowest BCUT2D eigenvalue weighted by molar-refractivity contribution is -0.137. The van der Waals surface area contributed by atoms with Gasteiger partial charge in [-0.1, -0.05) is 0 Å². The van der Waals surface area contributed by atoms with Gasteiger partial charge in [0, 0.05) is 10.5 Å². The first kappa shape index (κ1) is 16.8. The van der Waals surface area contributed by atoms with E-state index in [1.165, 1.54) is 0 Å². The van der Waals surface area contributed by atoms with Gasteiger partial charge in [-0.25, -0.2) is 13.6 Å². The second-order valence-electron chi connectivity index (χ2n) is 3.72. The number of hydrogen-bond donors (Lipinski definition) is 4. The molecular weight excluding hydrogens is 356 g/mol. The normalized spacial score (nSPS) is 9.86. The van der Waals surface area contributed by atoms with Gasteiger partial charge in [-0.15, -0.1) is 0 Å². The molecule has 0 bridgehead atoms. The highest BCUT2D eigenvalue weighted by molar-refractivity contribution is 9.10. The third-order valence-electron chi connectivity index (χ3n) is 2.09. The summed E-state index contributed by atoms with van der Waals surface area (Å²) in [4.78, 5) is 32.8. The zero-order chi connectivity index (χ0) is 16.0. The highest BCUT2D eigenvalue weighted by atomic mass is 79.9. The van der Waals surface area contributed by atoms with Crippen LogP contribution < -0.4 is 16.0 Å². The van der Waals surface area contributed by atoms with Gasteiger partial charge < -0.3 is 21.1 Å². The molecule has 3 amide bonds. The summed E-state index contributed by atoms with van der Waals surface area (Å²) in [7, 11) is 0. The topological polar surface area (TPSA) is 108 Å². The SMILES string of the molecule is O=C(O)CNC(=O)CNC(=O)Nc1c(F)cc(F)cc1Br. The zero-order valence-corrected chi connectivity index (χ0v) is 12.0. The highest BCUT2D eigenvalue weighted by Crippen LogP contribution is 2.26. The fraction of sp³-hybridized carbons (Fsp3) is 0.182. The number of nitrogens with one attached hydrogen (secondary N) is 3. The van der Waals surface area contributed by atoms with Gasteiger partial charge in [0.25, 0.3) is 0 Å². The lowest BCUT2D eigenvalue weighted by Gasteiger charge is -2.10. The Kier molecular flexibility index (Phi) is 6.03. The molecule has 0 saturated carbocycles. The Morgan fingerprint density at radius 2 is 1.81 bits per heavy atom. The Balaban J connectivity index is 2.51. The van der Waals surface area contributed by atoms with Crippen LogP contribution in [0.5, 0.6) is 0 Å². The minimum absolute atomic E-state index is 0.00882. The number of anilines is 1. The van der Waals surface area contributed by atoms with Gasteiger partial charge in [-0.2, -0.15) is 0 Å². The summed E-state index contributed by atoms with van der Waals surface area (Å²) >= 11 is 2.88. The fourth-order valence-electron chi connectivity index (χ4n) is 1.22. The van der Waals surface area contributed by atoms with Crippen LogP contribution in [0.1, 0.15) is 0 Å². The molecule has 1 aromatic carbocycles. The Morgan fingerprint density at radius 1 is 1.14 bits per heavy atom. The molecule has 1 aromatic rings. The van der Waals surface area contributed by atoms with Gasteiger partial charge in [0.15, 0.2) is 5.82 Å². The molecule has 0 aromatic heterocycles. The van der Waals surface area contributed by atoms with Crippen molar-refractivity contribution in [3.8, 4) is 0 Å². The predicted molar refractivity (Wildman–Crippen MR) is 71.7 cm³/mol. The van der Waals surface area contributed by atoms with Crippen molar-refractivity contribution >= 4 is 39.5 Å². The van der Waals surface area contributed by atoms with Crippen molar-refractivity contribution in [2.45, 2.75) is 0 Å². The van der Waals surface area contributed by atoms with Gasteiger partial charge in [0.2, 0.25) is 5.91 Å². The van der Waals surface area contributed by atoms with Crippen LogP contribution in [0, 0.1) is 11.6 Å². The number of rotatable bonds is 5. The predicted octanol–water partition coefficient (Wildman–Crippen LogP) is 1.05. The molecule has 7 nitrogen and oxygen atoms in total. The molecule has 0 saturated heterocycles. The van der Waals surface area contributed by atoms with Gasteiger partial charge in [-0.05, 0) is 22.0 Å². The molecule has 0 aliphatic carbocycles. The minimum atomic E-state index is -1.23. The molecule has 0 heterocycles. The molecule has 0 fully saturated rings. The fourth-order valence-corrected chi connectivity index (χ4v) is 1.72. The molecule has 0 atom stereocenters. The lowest BCUT2D eigenvalue weighted by Crippen LogP contribution is -2.40. The smallest absolute Gasteiger partial charge is 0.322 e. The van der Waals surface area contributed by atoms with E-state index in [0.29, 0.717) is 6.07 Å². The molecule has 0 radical (unpaired) electrons. The molecule has 0 spiro atoms. The van der Waals surface area contributed by atoms with Crippen LogP contribution in [0.2, 0.25) is 0 Å². The highest BCUT2D eigenvalue weighted by Gasteiger charge is 2.13. The van der Waals surface area contributed by atoms with Gasteiger partial charge in [-0.3, -0.25) is 9.59 Å². The third-order valence-corrected chi connectivity index (χ3v) is 2.72. The van der Waals surface area contributed by atoms with E-state index in [-0.39, 0.29) is 10.2 Å². The first-order chi connectivity index (χ1) is 9.79. The Labute approximate surface area is 125 Å². The molecule has 0 unspecified atom stereocenters. The summed E-state index contributed by atoms with van der Waals surface area (Å²) in [6.07, 6.45) is 0. The number of carboxylic acids is 1. The summed E-state index contributed by atoms with van der Waals surface area (Å²) in [5.74, 6) is -3.78. The van der Waals surface area contributed by atoms with Crippen LogP contribution in [0.3, 0.4) is 0 Å². The monoisotopic (exact) mass is 365 g/mol. The van der Waals surface area contributed by atoms with E-state index in [1.54, 1.807) is 0 Å². The van der Waals surface area contributed by atoms with Gasteiger partial charge in [0.05, 0.1) is 12.2 Å². The number of hydrogen-bond acceptors (Lipinski definition) is 3. The summed E-state index contributed by atoms with van der Waals surface area (Å²) in [5, 5.41) is 14.5. The molecule has 1 rings (SSSR count). The van der Waals surface area contributed by atoms with E-state index < -0.39 is 42.6 Å². The van der Waals surface area contributed by atoms with E-state index >= 15 is 0 Å². The lowest BCUT2D eigenvalue weighted by atomic mass is 10.3. The summed E-state index contributed by atoms with van der Waals surface area (Å²) < 4.78 is 26.3. The maximum atomic E-state index is 13.4. The maximum absolute atomic E-state index is 13.4. The Morgan fingerprint density at radius 3 is 2.38 bits per heavy atom. The van der Waals surface area contributed by atoms with Crippen molar-refractivity contribution in [2.24, 2.45) is 0 Å². The van der Waals surface area contributed by atoms with Crippen molar-refractivity contribution < 1.29 is 28.3 Å². The summed E-state index contributed by atoms with van der Waals surface area (Å²) in [6, 6.07) is 0.629. The first-order valence-electron chi connectivity index (χ1n) is 5.47. The van der Waals surface area contributed by atoms with Gasteiger partial charge >= 0.3 is 12.0 Å². The third kappa shape index (κ3) is 5.73. The summed E-state index contributed by atoms with van der Waals surface area (Å²) in [6.45, 7) is -1.08. The largest absolute Gasteiger partial charge is 0.480 e. The van der Waals surface area contributed by atoms with Crippen LogP contribution >= 0.6 is 15.9 Å². The number of urea groups is 1. The number of halogens is 3. The van der Waals surface area contributed by atoms with Gasteiger partial charge in [0.1, 0.15) is 12.4 Å². The van der Waals surface area contributed by atoms with Crippen molar-refractivity contribution in [2.75, 3.05) is 18.4 Å². The van der Waals surface area contributed by atoms with Crippen LogP contribution in [0.4, 0.5) is 19.3 Å². The number of aliphatic carboxylic acids is 1. The molecular formula is C11H10BrF2N3O4. The Bertz CT molecular complexity index is 560. The summed E-state index contributed by atoms with van der Waals surface area (Å²) in [5.41, 5.74) is -0.292. The quantitative estimate of drug-likeness (QED) is 0.625. The van der Waals surface area contributed by atoms with E-state index in [9.17, 15) is 23.2 Å². The standard InChI is InChI=1S/C11H10BrF2N3O4/c12-6-1-5(13)2-7(14)10(6)17-11(21)16-3-8(18)15-4-9(19)20/h1-2H,3-4H2,(H,15,18)(H,19,20)(H2,16,17,21). The average Bonchev–Trinajstić information content (AvgIpc) is 2.38. The maximum Gasteiger partial charge on any atom is 0.322 e. The molecule has 4 N–H and O–H groups in total. The molecule has 21 heavy (non-hydrogen) atoms. The number of carbonyl (C=O) groups is 3. The molecule has 0 aliphatic rings.